The molecule has 0 fully saturated rings. The second kappa shape index (κ2) is 3.10. The summed E-state index contributed by atoms with van der Waals surface area (Å²) in [5.74, 6) is 0.211. The van der Waals surface area contributed by atoms with Gasteiger partial charge in [-0.2, -0.15) is 0 Å². The number of hydrogen-bond acceptors (Lipinski definition) is 3. The van der Waals surface area contributed by atoms with Crippen LogP contribution < -0.4 is 0 Å². The Morgan fingerprint density at radius 1 is 1.43 bits per heavy atom. The van der Waals surface area contributed by atoms with Crippen LogP contribution in [-0.4, -0.2) is 12.1 Å². The summed E-state index contributed by atoms with van der Waals surface area (Å²) in [5.41, 5.74) is 1.15. The van der Waals surface area contributed by atoms with Crippen LogP contribution in [-0.2, 0) is 0 Å². The molecule has 2 rings (SSSR count). The standard InChI is InChI=1S/C11H8O3/c1-7(13)9-3-2-4-11-10(9)5-8(6-12)14-11/h2-6H,1H3. The van der Waals surface area contributed by atoms with Crippen molar-refractivity contribution in [1.29, 1.82) is 0 Å². The molecular formula is C11H8O3. The molecule has 0 unspecified atom stereocenters. The van der Waals surface area contributed by atoms with Gasteiger partial charge in [-0.3, -0.25) is 9.59 Å². The minimum atomic E-state index is -0.0335. The third kappa shape index (κ3) is 1.23. The second-order valence-corrected chi connectivity index (χ2v) is 3.04. The summed E-state index contributed by atoms with van der Waals surface area (Å²) in [4.78, 5) is 21.7. The lowest BCUT2D eigenvalue weighted by Crippen LogP contribution is -1.91. The first-order valence-electron chi connectivity index (χ1n) is 4.21. The maximum atomic E-state index is 11.2. The summed E-state index contributed by atoms with van der Waals surface area (Å²) in [6, 6.07) is 6.76. The first kappa shape index (κ1) is 8.69. The predicted octanol–water partition coefficient (Wildman–Crippen LogP) is 2.45. The van der Waals surface area contributed by atoms with E-state index in [1.165, 1.54) is 6.92 Å². The van der Waals surface area contributed by atoms with Gasteiger partial charge in [0, 0.05) is 10.9 Å². The van der Waals surface area contributed by atoms with Crippen LogP contribution in [0.2, 0.25) is 0 Å². The van der Waals surface area contributed by atoms with E-state index in [1.54, 1.807) is 24.3 Å². The zero-order chi connectivity index (χ0) is 10.1. The van der Waals surface area contributed by atoms with Crippen LogP contribution in [0.1, 0.15) is 27.8 Å². The lowest BCUT2D eigenvalue weighted by atomic mass is 10.1. The van der Waals surface area contributed by atoms with Crippen molar-refractivity contribution in [3.63, 3.8) is 0 Å². The molecule has 0 aliphatic carbocycles. The number of benzene rings is 1. The van der Waals surface area contributed by atoms with Gasteiger partial charge in [0.25, 0.3) is 0 Å². The topological polar surface area (TPSA) is 47.3 Å². The highest BCUT2D eigenvalue weighted by molar-refractivity contribution is 6.06. The van der Waals surface area contributed by atoms with Crippen molar-refractivity contribution in [2.75, 3.05) is 0 Å². The van der Waals surface area contributed by atoms with Gasteiger partial charge in [-0.1, -0.05) is 12.1 Å². The van der Waals surface area contributed by atoms with Crippen LogP contribution in [0.25, 0.3) is 11.0 Å². The molecule has 0 saturated carbocycles. The van der Waals surface area contributed by atoms with E-state index in [0.717, 1.165) is 0 Å². The Morgan fingerprint density at radius 2 is 2.21 bits per heavy atom. The average Bonchev–Trinajstić information content (AvgIpc) is 2.59. The van der Waals surface area contributed by atoms with Gasteiger partial charge in [0.15, 0.2) is 17.8 Å². The van der Waals surface area contributed by atoms with Gasteiger partial charge in [-0.15, -0.1) is 0 Å². The molecule has 0 amide bonds. The Labute approximate surface area is 80.3 Å². The van der Waals surface area contributed by atoms with E-state index >= 15 is 0 Å². The molecule has 0 aliphatic rings. The van der Waals surface area contributed by atoms with E-state index in [0.29, 0.717) is 22.8 Å². The van der Waals surface area contributed by atoms with Crippen molar-refractivity contribution in [2.45, 2.75) is 6.92 Å². The smallest absolute Gasteiger partial charge is 0.185 e. The maximum absolute atomic E-state index is 11.2. The van der Waals surface area contributed by atoms with Crippen molar-refractivity contribution >= 4 is 23.0 Å². The van der Waals surface area contributed by atoms with E-state index < -0.39 is 0 Å². The molecule has 1 aromatic heterocycles. The SMILES string of the molecule is CC(=O)c1cccc2oc(C=O)cc12. The highest BCUT2D eigenvalue weighted by Gasteiger charge is 2.09. The summed E-state index contributed by atoms with van der Waals surface area (Å²) in [7, 11) is 0. The van der Waals surface area contributed by atoms with Crippen LogP contribution in [0, 0.1) is 0 Å². The molecule has 70 valence electrons. The van der Waals surface area contributed by atoms with Crippen molar-refractivity contribution in [3.8, 4) is 0 Å². The summed E-state index contributed by atoms with van der Waals surface area (Å²) in [5, 5.41) is 0.696. The number of carbonyl (C=O) groups is 2. The van der Waals surface area contributed by atoms with Gasteiger partial charge < -0.3 is 4.42 Å². The van der Waals surface area contributed by atoms with E-state index in [2.05, 4.69) is 0 Å². The number of fused-ring (bicyclic) bond motifs is 1. The third-order valence-corrected chi connectivity index (χ3v) is 2.08. The fourth-order valence-corrected chi connectivity index (χ4v) is 1.45. The van der Waals surface area contributed by atoms with Crippen LogP contribution in [0.3, 0.4) is 0 Å². The molecule has 0 aliphatic heterocycles. The lowest BCUT2D eigenvalue weighted by Gasteiger charge is -1.94. The highest BCUT2D eigenvalue weighted by Crippen LogP contribution is 2.22. The van der Waals surface area contributed by atoms with Gasteiger partial charge in [-0.25, -0.2) is 0 Å². The first-order valence-corrected chi connectivity index (χ1v) is 4.21. The molecule has 3 heteroatoms. The van der Waals surface area contributed by atoms with Gasteiger partial charge in [0.1, 0.15) is 5.58 Å². The van der Waals surface area contributed by atoms with Crippen LogP contribution in [0.5, 0.6) is 0 Å². The summed E-state index contributed by atoms with van der Waals surface area (Å²) < 4.78 is 5.19. The molecule has 0 atom stereocenters. The lowest BCUT2D eigenvalue weighted by molar-refractivity contribution is 0.101. The Balaban J connectivity index is 2.79. The Morgan fingerprint density at radius 3 is 2.86 bits per heavy atom. The second-order valence-electron chi connectivity index (χ2n) is 3.04. The van der Waals surface area contributed by atoms with E-state index in [-0.39, 0.29) is 11.5 Å². The predicted molar refractivity (Wildman–Crippen MR) is 51.6 cm³/mol. The van der Waals surface area contributed by atoms with Gasteiger partial charge in [0.05, 0.1) is 0 Å². The third-order valence-electron chi connectivity index (χ3n) is 2.08. The molecule has 1 heterocycles. The Bertz CT molecular complexity index is 508. The number of furan rings is 1. The van der Waals surface area contributed by atoms with Crippen molar-refractivity contribution in [2.24, 2.45) is 0 Å². The number of Topliss-reactive ketones (excluding diaryl/α,β-unsaturated/α-hetero) is 1. The average molecular weight is 188 g/mol. The Hall–Kier alpha value is -1.90. The maximum Gasteiger partial charge on any atom is 0.185 e. The molecule has 3 nitrogen and oxygen atoms in total. The molecule has 2 aromatic rings. The Kier molecular flexibility index (Phi) is 1.93. The quantitative estimate of drug-likeness (QED) is 0.537. The van der Waals surface area contributed by atoms with Gasteiger partial charge in [0.2, 0.25) is 0 Å². The summed E-state index contributed by atoms with van der Waals surface area (Å²) in [6.45, 7) is 1.49. The van der Waals surface area contributed by atoms with Crippen LogP contribution >= 0.6 is 0 Å². The molecule has 0 saturated heterocycles. The van der Waals surface area contributed by atoms with Crippen LogP contribution in [0.15, 0.2) is 28.7 Å². The minimum absolute atomic E-state index is 0.0335. The number of ketones is 1. The molecule has 0 radical (unpaired) electrons. The van der Waals surface area contributed by atoms with Crippen molar-refractivity contribution in [3.05, 3.63) is 35.6 Å². The molecule has 1 aromatic carbocycles. The summed E-state index contributed by atoms with van der Waals surface area (Å²) in [6.07, 6.45) is 0.629. The monoisotopic (exact) mass is 188 g/mol. The molecular weight excluding hydrogens is 180 g/mol. The number of aldehydes is 1. The number of rotatable bonds is 2. The first-order chi connectivity index (χ1) is 6.72. The highest BCUT2D eigenvalue weighted by atomic mass is 16.3. The zero-order valence-corrected chi connectivity index (χ0v) is 7.61. The van der Waals surface area contributed by atoms with Crippen LogP contribution in [0.4, 0.5) is 0 Å². The number of hydrogen-bond donors (Lipinski definition) is 0. The molecule has 0 bridgehead atoms. The van der Waals surface area contributed by atoms with E-state index in [4.69, 9.17) is 4.42 Å². The normalized spacial score (nSPS) is 10.4. The summed E-state index contributed by atoms with van der Waals surface area (Å²) >= 11 is 0. The fourth-order valence-electron chi connectivity index (χ4n) is 1.45. The fraction of sp³-hybridized carbons (Fsp3) is 0.0909. The zero-order valence-electron chi connectivity index (χ0n) is 7.61. The molecule has 0 spiro atoms. The molecule has 14 heavy (non-hydrogen) atoms. The van der Waals surface area contributed by atoms with Gasteiger partial charge in [-0.05, 0) is 19.1 Å². The van der Waals surface area contributed by atoms with Gasteiger partial charge >= 0.3 is 0 Å². The number of carbonyl (C=O) groups excluding carboxylic acids is 2. The van der Waals surface area contributed by atoms with E-state index in [1.807, 2.05) is 0 Å². The van der Waals surface area contributed by atoms with E-state index in [9.17, 15) is 9.59 Å². The molecule has 0 N–H and O–H groups in total. The largest absolute Gasteiger partial charge is 0.453 e. The van der Waals surface area contributed by atoms with Crippen molar-refractivity contribution in [1.82, 2.24) is 0 Å². The van der Waals surface area contributed by atoms with Crippen molar-refractivity contribution < 1.29 is 14.0 Å². The minimum Gasteiger partial charge on any atom is -0.453 e.